The monoisotopic (exact) mass is 345 g/mol. The Bertz CT molecular complexity index is 814. The van der Waals surface area contributed by atoms with E-state index in [2.05, 4.69) is 0 Å². The molecule has 1 aromatic heterocycles. The summed E-state index contributed by atoms with van der Waals surface area (Å²) in [5.41, 5.74) is 1.66. The molecule has 1 N–H and O–H groups in total. The molecule has 1 aromatic carbocycles. The Morgan fingerprint density at radius 2 is 2.16 bits per heavy atom. The van der Waals surface area contributed by atoms with Crippen molar-refractivity contribution in [3.63, 3.8) is 0 Å². The van der Waals surface area contributed by atoms with Gasteiger partial charge in [-0.3, -0.25) is 9.59 Å². The van der Waals surface area contributed by atoms with Gasteiger partial charge in [-0.1, -0.05) is 19.1 Å². The fraction of sp³-hybridized carbons (Fsp3) is 0.368. The number of carboxylic acids is 1. The Labute approximate surface area is 145 Å². The Hall–Kier alpha value is -2.63. The van der Waals surface area contributed by atoms with Crippen molar-refractivity contribution in [2.75, 3.05) is 6.54 Å². The molecule has 1 amide bonds. The van der Waals surface area contributed by atoms with E-state index in [0.29, 0.717) is 17.7 Å². The first-order valence-corrected chi connectivity index (χ1v) is 8.22. The lowest BCUT2D eigenvalue weighted by atomic mass is 10.0. The number of carboxylic acid groups (broad SMARTS) is 1. The molecule has 2 unspecified atom stereocenters. The van der Waals surface area contributed by atoms with Gasteiger partial charge >= 0.3 is 5.97 Å². The molecule has 0 aliphatic carbocycles. The van der Waals surface area contributed by atoms with Gasteiger partial charge in [0.2, 0.25) is 0 Å². The molecule has 1 aliphatic rings. The van der Waals surface area contributed by atoms with Crippen molar-refractivity contribution in [1.82, 2.24) is 4.90 Å². The van der Waals surface area contributed by atoms with Crippen LogP contribution in [0.25, 0.3) is 0 Å². The summed E-state index contributed by atoms with van der Waals surface area (Å²) >= 11 is 0. The van der Waals surface area contributed by atoms with Crippen LogP contribution in [-0.2, 0) is 11.2 Å². The van der Waals surface area contributed by atoms with E-state index in [-0.39, 0.29) is 35.9 Å². The molecule has 0 radical (unpaired) electrons. The molecular weight excluding hydrogens is 325 g/mol. The second-order valence-electron chi connectivity index (χ2n) is 6.66. The van der Waals surface area contributed by atoms with E-state index in [4.69, 9.17) is 9.52 Å². The van der Waals surface area contributed by atoms with Crippen LogP contribution in [-0.4, -0.2) is 28.4 Å². The summed E-state index contributed by atoms with van der Waals surface area (Å²) in [6.45, 7) is 4.30. The molecule has 0 bridgehead atoms. The molecule has 6 heteroatoms. The van der Waals surface area contributed by atoms with E-state index in [0.717, 1.165) is 12.0 Å². The maximum atomic E-state index is 13.6. The van der Waals surface area contributed by atoms with Crippen molar-refractivity contribution >= 4 is 11.9 Å². The van der Waals surface area contributed by atoms with Gasteiger partial charge in [-0.2, -0.15) is 0 Å². The van der Waals surface area contributed by atoms with Gasteiger partial charge in [0.15, 0.2) is 0 Å². The topological polar surface area (TPSA) is 70.7 Å². The molecule has 2 heterocycles. The number of benzene rings is 1. The van der Waals surface area contributed by atoms with Gasteiger partial charge in [0.1, 0.15) is 18.0 Å². The standard InChI is InChI=1S/C19H20FNO4/c1-11-6-15(13-4-3-5-14(20)7-13)21(9-11)19(24)18-12(2)10-25-16(18)8-17(22)23/h3-5,7,10-11,15H,6,8-9H2,1-2H3,(H,22,23). The second-order valence-corrected chi connectivity index (χ2v) is 6.66. The molecule has 2 atom stereocenters. The van der Waals surface area contributed by atoms with Gasteiger partial charge in [0.05, 0.1) is 17.9 Å². The van der Waals surface area contributed by atoms with Gasteiger partial charge in [-0.15, -0.1) is 0 Å². The fourth-order valence-corrected chi connectivity index (χ4v) is 3.50. The first-order chi connectivity index (χ1) is 11.9. The second kappa shape index (κ2) is 6.70. The van der Waals surface area contributed by atoms with E-state index in [1.807, 2.05) is 13.0 Å². The summed E-state index contributed by atoms with van der Waals surface area (Å²) in [5.74, 6) is -1.23. The maximum absolute atomic E-state index is 13.6. The SMILES string of the molecule is Cc1coc(CC(=O)O)c1C(=O)N1CC(C)CC1c1cccc(F)c1. The van der Waals surface area contributed by atoms with E-state index in [1.54, 1.807) is 17.9 Å². The first-order valence-electron chi connectivity index (χ1n) is 8.22. The summed E-state index contributed by atoms with van der Waals surface area (Å²) in [6, 6.07) is 6.04. The normalized spacial score (nSPS) is 20.0. The third kappa shape index (κ3) is 3.43. The Balaban J connectivity index is 1.95. The van der Waals surface area contributed by atoms with Crippen LogP contribution in [0, 0.1) is 18.7 Å². The number of carbonyl (C=O) groups is 2. The van der Waals surface area contributed by atoms with Crippen LogP contribution in [0.4, 0.5) is 4.39 Å². The van der Waals surface area contributed by atoms with Gasteiger partial charge < -0.3 is 14.4 Å². The number of aryl methyl sites for hydroxylation is 1. The van der Waals surface area contributed by atoms with Crippen molar-refractivity contribution in [1.29, 1.82) is 0 Å². The highest BCUT2D eigenvalue weighted by Crippen LogP contribution is 2.37. The average Bonchev–Trinajstić information content (AvgIpc) is 3.09. The van der Waals surface area contributed by atoms with Crippen molar-refractivity contribution in [3.05, 3.63) is 58.8 Å². The summed E-state index contributed by atoms with van der Waals surface area (Å²) in [6.07, 6.45) is 1.80. The minimum Gasteiger partial charge on any atom is -0.481 e. The number of hydrogen-bond donors (Lipinski definition) is 1. The minimum atomic E-state index is -1.06. The molecule has 2 aromatic rings. The van der Waals surface area contributed by atoms with E-state index in [9.17, 15) is 14.0 Å². The summed E-state index contributed by atoms with van der Waals surface area (Å²) in [5, 5.41) is 9.02. The smallest absolute Gasteiger partial charge is 0.311 e. The molecule has 5 nitrogen and oxygen atoms in total. The molecule has 1 saturated heterocycles. The number of carbonyl (C=O) groups excluding carboxylic acids is 1. The predicted octanol–water partition coefficient (Wildman–Crippen LogP) is 3.58. The number of rotatable bonds is 4. The van der Waals surface area contributed by atoms with Gasteiger partial charge in [0, 0.05) is 12.1 Å². The largest absolute Gasteiger partial charge is 0.481 e. The third-order valence-corrected chi connectivity index (χ3v) is 4.58. The predicted molar refractivity (Wildman–Crippen MR) is 88.7 cm³/mol. The van der Waals surface area contributed by atoms with Crippen LogP contribution < -0.4 is 0 Å². The third-order valence-electron chi connectivity index (χ3n) is 4.58. The molecule has 132 valence electrons. The van der Waals surface area contributed by atoms with Gasteiger partial charge in [-0.25, -0.2) is 4.39 Å². The van der Waals surface area contributed by atoms with Crippen molar-refractivity contribution in [2.45, 2.75) is 32.7 Å². The molecular formula is C19H20FNO4. The van der Waals surface area contributed by atoms with Crippen LogP contribution in [0.15, 0.2) is 34.9 Å². The Morgan fingerprint density at radius 1 is 1.40 bits per heavy atom. The highest BCUT2D eigenvalue weighted by molar-refractivity contribution is 5.98. The van der Waals surface area contributed by atoms with Crippen LogP contribution in [0.3, 0.4) is 0 Å². The summed E-state index contributed by atoms with van der Waals surface area (Å²) in [7, 11) is 0. The summed E-state index contributed by atoms with van der Waals surface area (Å²) in [4.78, 5) is 25.8. The average molecular weight is 345 g/mol. The quantitative estimate of drug-likeness (QED) is 0.919. The maximum Gasteiger partial charge on any atom is 0.311 e. The lowest BCUT2D eigenvalue weighted by molar-refractivity contribution is -0.136. The molecule has 3 rings (SSSR count). The van der Waals surface area contributed by atoms with Crippen LogP contribution >= 0.6 is 0 Å². The zero-order chi connectivity index (χ0) is 18.1. The highest BCUT2D eigenvalue weighted by atomic mass is 19.1. The van der Waals surface area contributed by atoms with Gasteiger partial charge in [0.25, 0.3) is 5.91 Å². The van der Waals surface area contributed by atoms with Crippen molar-refractivity contribution in [3.8, 4) is 0 Å². The summed E-state index contributed by atoms with van der Waals surface area (Å²) < 4.78 is 18.9. The number of amides is 1. The Morgan fingerprint density at radius 3 is 2.84 bits per heavy atom. The zero-order valence-corrected chi connectivity index (χ0v) is 14.2. The number of aliphatic carboxylic acids is 1. The highest BCUT2D eigenvalue weighted by Gasteiger charge is 2.37. The van der Waals surface area contributed by atoms with Crippen molar-refractivity contribution < 1.29 is 23.5 Å². The number of hydrogen-bond acceptors (Lipinski definition) is 3. The van der Waals surface area contributed by atoms with Gasteiger partial charge in [-0.05, 0) is 37.0 Å². The number of halogens is 1. The van der Waals surface area contributed by atoms with E-state index in [1.165, 1.54) is 18.4 Å². The zero-order valence-electron chi connectivity index (χ0n) is 14.2. The fourth-order valence-electron chi connectivity index (χ4n) is 3.50. The molecule has 0 saturated carbocycles. The van der Waals surface area contributed by atoms with Crippen LogP contribution in [0.1, 0.15) is 46.6 Å². The minimum absolute atomic E-state index is 0.160. The number of likely N-dealkylation sites (tertiary alicyclic amines) is 1. The first kappa shape index (κ1) is 17.2. The molecule has 0 spiro atoms. The molecule has 1 aliphatic heterocycles. The van der Waals surface area contributed by atoms with Crippen LogP contribution in [0.2, 0.25) is 0 Å². The number of nitrogens with zero attached hydrogens (tertiary/aromatic N) is 1. The molecule has 1 fully saturated rings. The Kier molecular flexibility index (Phi) is 4.61. The van der Waals surface area contributed by atoms with E-state index < -0.39 is 5.97 Å². The lowest BCUT2D eigenvalue weighted by Crippen LogP contribution is -2.32. The molecule has 25 heavy (non-hydrogen) atoms. The van der Waals surface area contributed by atoms with Crippen LogP contribution in [0.5, 0.6) is 0 Å². The lowest BCUT2D eigenvalue weighted by Gasteiger charge is -2.25. The van der Waals surface area contributed by atoms with Crippen molar-refractivity contribution in [2.24, 2.45) is 5.92 Å². The van der Waals surface area contributed by atoms with E-state index >= 15 is 0 Å². The number of furan rings is 1.